The van der Waals surface area contributed by atoms with Crippen LogP contribution < -0.4 is 20.9 Å². The second-order valence-corrected chi connectivity index (χ2v) is 7.17. The lowest BCUT2D eigenvalue weighted by Gasteiger charge is -2.26. The molecule has 0 spiro atoms. The molecule has 1 amide bonds. The molecule has 5 N–H and O–H groups in total. The standard InChI is InChI=1S/C14H21N3O4S.ClH/c1-21-13-7-6-11(8-12(13)14(16)18)22(19,20)17-10-4-2-9(15)3-5-10;/h6-10,17H,2-5,15H2,1H3,(H2,16,18);1H. The van der Waals surface area contributed by atoms with Crippen LogP contribution >= 0.6 is 12.4 Å². The molecule has 0 bridgehead atoms. The Bertz CT molecular complexity index is 658. The summed E-state index contributed by atoms with van der Waals surface area (Å²) >= 11 is 0. The van der Waals surface area contributed by atoms with Gasteiger partial charge in [-0.15, -0.1) is 12.4 Å². The predicted octanol–water partition coefficient (Wildman–Crippen LogP) is 0.764. The first-order valence-corrected chi connectivity index (χ1v) is 8.57. The predicted molar refractivity (Wildman–Crippen MR) is 89.3 cm³/mol. The molecule has 1 aromatic carbocycles. The highest BCUT2D eigenvalue weighted by molar-refractivity contribution is 7.89. The summed E-state index contributed by atoms with van der Waals surface area (Å²) < 4.78 is 32.5. The third-order valence-corrected chi connectivity index (χ3v) is 5.36. The maximum absolute atomic E-state index is 12.4. The quantitative estimate of drug-likeness (QED) is 0.712. The van der Waals surface area contributed by atoms with Gasteiger partial charge in [0.2, 0.25) is 10.0 Å². The maximum Gasteiger partial charge on any atom is 0.252 e. The molecule has 1 aliphatic rings. The van der Waals surface area contributed by atoms with Crippen LogP contribution in [0.15, 0.2) is 23.1 Å². The minimum Gasteiger partial charge on any atom is -0.496 e. The van der Waals surface area contributed by atoms with Crippen LogP contribution in [0.2, 0.25) is 0 Å². The van der Waals surface area contributed by atoms with E-state index in [1.54, 1.807) is 0 Å². The largest absolute Gasteiger partial charge is 0.496 e. The lowest BCUT2D eigenvalue weighted by Crippen LogP contribution is -2.40. The number of hydrogen-bond acceptors (Lipinski definition) is 5. The van der Waals surface area contributed by atoms with Gasteiger partial charge in [0.05, 0.1) is 17.6 Å². The van der Waals surface area contributed by atoms with Crippen molar-refractivity contribution in [2.45, 2.75) is 42.7 Å². The van der Waals surface area contributed by atoms with Crippen molar-refractivity contribution >= 4 is 28.3 Å². The molecule has 0 aliphatic heterocycles. The lowest BCUT2D eigenvalue weighted by atomic mass is 9.93. The van der Waals surface area contributed by atoms with E-state index in [4.69, 9.17) is 16.2 Å². The Morgan fingerprint density at radius 2 is 1.87 bits per heavy atom. The number of carbonyl (C=O) groups is 1. The van der Waals surface area contributed by atoms with Gasteiger partial charge in [0.25, 0.3) is 5.91 Å². The third kappa shape index (κ3) is 4.81. The number of methoxy groups -OCH3 is 1. The number of carbonyl (C=O) groups excluding carboxylic acids is 1. The Morgan fingerprint density at radius 1 is 1.26 bits per heavy atom. The first-order valence-electron chi connectivity index (χ1n) is 7.09. The van der Waals surface area contributed by atoms with Crippen molar-refractivity contribution in [2.75, 3.05) is 7.11 Å². The van der Waals surface area contributed by atoms with E-state index in [1.165, 1.54) is 25.3 Å². The average Bonchev–Trinajstić information content (AvgIpc) is 2.48. The number of primary amides is 1. The second-order valence-electron chi connectivity index (χ2n) is 5.46. The SMILES string of the molecule is COc1ccc(S(=O)(=O)NC2CCC(N)CC2)cc1C(N)=O.Cl. The number of sulfonamides is 1. The fourth-order valence-corrected chi connectivity index (χ4v) is 3.90. The molecule has 0 saturated heterocycles. The summed E-state index contributed by atoms with van der Waals surface area (Å²) in [6, 6.07) is 4.05. The van der Waals surface area contributed by atoms with Gasteiger partial charge in [-0.05, 0) is 43.9 Å². The number of ether oxygens (including phenoxy) is 1. The van der Waals surface area contributed by atoms with Gasteiger partial charge in [-0.2, -0.15) is 0 Å². The summed E-state index contributed by atoms with van der Waals surface area (Å²) in [7, 11) is -2.32. The first kappa shape index (κ1) is 19.7. The molecule has 0 atom stereocenters. The molecule has 2 rings (SSSR count). The molecular formula is C14H22ClN3O4S. The van der Waals surface area contributed by atoms with Crippen molar-refractivity contribution in [1.29, 1.82) is 0 Å². The number of nitrogens with two attached hydrogens (primary N) is 2. The van der Waals surface area contributed by atoms with Crippen LogP contribution in [0.25, 0.3) is 0 Å². The highest BCUT2D eigenvalue weighted by Crippen LogP contribution is 2.24. The first-order chi connectivity index (χ1) is 10.3. The van der Waals surface area contributed by atoms with Gasteiger partial charge in [0.15, 0.2) is 0 Å². The molecule has 0 heterocycles. The van der Waals surface area contributed by atoms with Crippen molar-refractivity contribution in [3.63, 3.8) is 0 Å². The normalized spacial score (nSPS) is 21.3. The molecule has 130 valence electrons. The number of halogens is 1. The molecule has 9 heteroatoms. The van der Waals surface area contributed by atoms with Crippen molar-refractivity contribution in [3.05, 3.63) is 23.8 Å². The summed E-state index contributed by atoms with van der Waals surface area (Å²) in [4.78, 5) is 11.4. The topological polar surface area (TPSA) is 125 Å². The maximum atomic E-state index is 12.4. The van der Waals surface area contributed by atoms with Crippen molar-refractivity contribution in [1.82, 2.24) is 4.72 Å². The monoisotopic (exact) mass is 363 g/mol. The van der Waals surface area contributed by atoms with Crippen LogP contribution in [0.3, 0.4) is 0 Å². The summed E-state index contributed by atoms with van der Waals surface area (Å²) in [5.74, 6) is -0.493. The van der Waals surface area contributed by atoms with E-state index in [9.17, 15) is 13.2 Å². The molecule has 1 aromatic rings. The van der Waals surface area contributed by atoms with Gasteiger partial charge >= 0.3 is 0 Å². The summed E-state index contributed by atoms with van der Waals surface area (Å²) in [5, 5.41) is 0. The van der Waals surface area contributed by atoms with E-state index >= 15 is 0 Å². The molecule has 1 aliphatic carbocycles. The molecule has 23 heavy (non-hydrogen) atoms. The van der Waals surface area contributed by atoms with E-state index in [1.807, 2.05) is 0 Å². The highest BCUT2D eigenvalue weighted by Gasteiger charge is 2.25. The highest BCUT2D eigenvalue weighted by atomic mass is 35.5. The van der Waals surface area contributed by atoms with Crippen LogP contribution in [0.4, 0.5) is 0 Å². The second kappa shape index (κ2) is 7.96. The van der Waals surface area contributed by atoms with Gasteiger partial charge in [-0.3, -0.25) is 4.79 Å². The fourth-order valence-electron chi connectivity index (χ4n) is 2.57. The molecule has 7 nitrogen and oxygen atoms in total. The van der Waals surface area contributed by atoms with Gasteiger partial charge in [0.1, 0.15) is 5.75 Å². The van der Waals surface area contributed by atoms with Crippen molar-refractivity contribution < 1.29 is 17.9 Å². The Balaban J connectivity index is 0.00000264. The van der Waals surface area contributed by atoms with E-state index in [0.717, 1.165) is 12.8 Å². The number of nitrogens with one attached hydrogen (secondary N) is 1. The van der Waals surface area contributed by atoms with Crippen LogP contribution in [-0.2, 0) is 10.0 Å². The lowest BCUT2D eigenvalue weighted by molar-refractivity contribution is 0.0997. The number of hydrogen-bond donors (Lipinski definition) is 3. The summed E-state index contributed by atoms with van der Waals surface area (Å²) in [5.41, 5.74) is 11.1. The fraction of sp³-hybridized carbons (Fsp3) is 0.500. The zero-order valence-corrected chi connectivity index (χ0v) is 14.5. The molecule has 1 fully saturated rings. The Kier molecular flexibility index (Phi) is 6.82. The van der Waals surface area contributed by atoms with E-state index in [-0.39, 0.29) is 40.7 Å². The van der Waals surface area contributed by atoms with Gasteiger partial charge in [-0.25, -0.2) is 13.1 Å². The molecule has 1 saturated carbocycles. The number of amides is 1. The molecular weight excluding hydrogens is 342 g/mol. The summed E-state index contributed by atoms with van der Waals surface area (Å²) in [6.45, 7) is 0. The van der Waals surface area contributed by atoms with Crippen LogP contribution in [0.5, 0.6) is 5.75 Å². The number of rotatable bonds is 5. The molecule has 0 unspecified atom stereocenters. The van der Waals surface area contributed by atoms with Crippen LogP contribution in [0, 0.1) is 0 Å². The van der Waals surface area contributed by atoms with E-state index in [2.05, 4.69) is 4.72 Å². The zero-order valence-electron chi connectivity index (χ0n) is 12.8. The summed E-state index contributed by atoms with van der Waals surface area (Å²) in [6.07, 6.45) is 3.00. The zero-order chi connectivity index (χ0) is 16.3. The van der Waals surface area contributed by atoms with E-state index < -0.39 is 15.9 Å². The smallest absolute Gasteiger partial charge is 0.252 e. The van der Waals surface area contributed by atoms with Gasteiger partial charge < -0.3 is 16.2 Å². The minimum atomic E-state index is -3.71. The Hall–Kier alpha value is -1.35. The molecule has 0 radical (unpaired) electrons. The Labute approximate surface area is 142 Å². The third-order valence-electron chi connectivity index (χ3n) is 3.84. The Morgan fingerprint density at radius 3 is 2.39 bits per heavy atom. The van der Waals surface area contributed by atoms with Crippen LogP contribution in [0.1, 0.15) is 36.0 Å². The van der Waals surface area contributed by atoms with Gasteiger partial charge in [-0.1, -0.05) is 0 Å². The van der Waals surface area contributed by atoms with Crippen molar-refractivity contribution in [2.24, 2.45) is 11.5 Å². The minimum absolute atomic E-state index is 0. The average molecular weight is 364 g/mol. The number of benzene rings is 1. The van der Waals surface area contributed by atoms with Gasteiger partial charge in [0, 0.05) is 12.1 Å². The van der Waals surface area contributed by atoms with Crippen molar-refractivity contribution in [3.8, 4) is 5.75 Å². The molecule has 0 aromatic heterocycles. The van der Waals surface area contributed by atoms with E-state index in [0.29, 0.717) is 12.8 Å². The van der Waals surface area contributed by atoms with Crippen LogP contribution in [-0.4, -0.2) is 33.5 Å².